The number of imidazole rings is 1. The molecule has 68 valence electrons. The van der Waals surface area contributed by atoms with E-state index in [2.05, 4.69) is 14.7 Å². The summed E-state index contributed by atoms with van der Waals surface area (Å²) in [6, 6.07) is 0. The molecule has 12 heavy (non-hydrogen) atoms. The van der Waals surface area contributed by atoms with Crippen LogP contribution in [0.15, 0.2) is 6.33 Å². The third-order valence-corrected chi connectivity index (χ3v) is 2.10. The number of nitrogens with zero attached hydrogens (tertiary/aromatic N) is 1. The van der Waals surface area contributed by atoms with Gasteiger partial charge in [0.1, 0.15) is 0 Å². The maximum atomic E-state index is 10.7. The molecular weight excluding hydrogens is 178 g/mol. The van der Waals surface area contributed by atoms with Crippen LogP contribution in [-0.4, -0.2) is 24.6 Å². The van der Waals surface area contributed by atoms with Crippen molar-refractivity contribution in [3.8, 4) is 0 Å². The van der Waals surface area contributed by atoms with Crippen LogP contribution in [0.1, 0.15) is 11.4 Å². The van der Waals surface area contributed by atoms with Gasteiger partial charge in [-0.1, -0.05) is 0 Å². The first-order valence-electron chi connectivity index (χ1n) is 3.42. The smallest absolute Gasteiger partial charge is 0.209 e. The number of aryl methyl sites for hydroxylation is 1. The lowest BCUT2D eigenvalue weighted by Gasteiger charge is -1.99. The molecule has 0 radical (unpaired) electrons. The molecule has 0 bridgehead atoms. The molecule has 0 saturated carbocycles. The van der Waals surface area contributed by atoms with Gasteiger partial charge in [-0.3, -0.25) is 0 Å². The van der Waals surface area contributed by atoms with E-state index in [9.17, 15) is 8.42 Å². The third-order valence-electron chi connectivity index (χ3n) is 1.44. The van der Waals surface area contributed by atoms with Gasteiger partial charge in [0.2, 0.25) is 10.0 Å². The van der Waals surface area contributed by atoms with E-state index in [1.165, 1.54) is 6.33 Å². The Kier molecular flexibility index (Phi) is 2.49. The van der Waals surface area contributed by atoms with Crippen LogP contribution in [0, 0.1) is 6.92 Å². The summed E-state index contributed by atoms with van der Waals surface area (Å²) < 4.78 is 23.7. The van der Waals surface area contributed by atoms with Gasteiger partial charge in [-0.25, -0.2) is 18.1 Å². The van der Waals surface area contributed by atoms with Crippen LogP contribution in [-0.2, 0) is 16.6 Å². The van der Waals surface area contributed by atoms with Crippen LogP contribution in [0.5, 0.6) is 0 Å². The average molecular weight is 189 g/mol. The van der Waals surface area contributed by atoms with Gasteiger partial charge in [0.15, 0.2) is 0 Å². The second-order valence-corrected chi connectivity index (χ2v) is 4.40. The fourth-order valence-electron chi connectivity index (χ4n) is 0.765. The Bertz CT molecular complexity index is 355. The Labute approximate surface area is 71.3 Å². The maximum Gasteiger partial charge on any atom is 0.209 e. The summed E-state index contributed by atoms with van der Waals surface area (Å²) in [4.78, 5) is 6.80. The zero-order valence-electron chi connectivity index (χ0n) is 6.96. The van der Waals surface area contributed by atoms with Crippen LogP contribution in [0.3, 0.4) is 0 Å². The highest BCUT2D eigenvalue weighted by Crippen LogP contribution is 1.99. The third kappa shape index (κ3) is 2.63. The van der Waals surface area contributed by atoms with Crippen LogP contribution in [0.25, 0.3) is 0 Å². The van der Waals surface area contributed by atoms with Gasteiger partial charge in [0.25, 0.3) is 0 Å². The second-order valence-electron chi connectivity index (χ2n) is 2.57. The number of H-pyrrole nitrogens is 1. The number of rotatable bonds is 3. The molecule has 0 spiro atoms. The van der Waals surface area contributed by atoms with Gasteiger partial charge >= 0.3 is 0 Å². The molecular formula is C6H11N3O2S. The van der Waals surface area contributed by atoms with Gasteiger partial charge in [-0.2, -0.15) is 0 Å². The van der Waals surface area contributed by atoms with Crippen molar-refractivity contribution in [1.82, 2.24) is 14.7 Å². The molecule has 0 aromatic carbocycles. The average Bonchev–Trinajstić information content (AvgIpc) is 2.29. The Hall–Kier alpha value is -0.880. The fourth-order valence-corrected chi connectivity index (χ4v) is 1.16. The standard InChI is InChI=1S/C6H11N3O2S/c1-5-6(8-4-7-5)3-9-12(2,10)11/h4,9H,3H2,1-2H3,(H,7,8). The van der Waals surface area contributed by atoms with E-state index in [1.807, 2.05) is 6.92 Å². The van der Waals surface area contributed by atoms with Gasteiger partial charge in [-0.15, -0.1) is 0 Å². The number of aromatic nitrogens is 2. The van der Waals surface area contributed by atoms with Gasteiger partial charge in [-0.05, 0) is 6.92 Å². The molecule has 0 saturated heterocycles. The molecule has 1 rings (SSSR count). The van der Waals surface area contributed by atoms with Crippen molar-refractivity contribution < 1.29 is 8.42 Å². The predicted octanol–water partition coefficient (Wildman–Crippen LogP) is -0.233. The van der Waals surface area contributed by atoms with Crippen LogP contribution < -0.4 is 4.72 Å². The minimum atomic E-state index is -3.12. The topological polar surface area (TPSA) is 74.8 Å². The number of aromatic amines is 1. The monoisotopic (exact) mass is 189 g/mol. The minimum Gasteiger partial charge on any atom is -0.348 e. The Morgan fingerprint density at radius 1 is 1.67 bits per heavy atom. The quantitative estimate of drug-likeness (QED) is 0.689. The van der Waals surface area contributed by atoms with E-state index >= 15 is 0 Å². The molecule has 5 nitrogen and oxygen atoms in total. The van der Waals surface area contributed by atoms with Crippen molar-refractivity contribution in [3.63, 3.8) is 0 Å². The summed E-state index contributed by atoms with van der Waals surface area (Å²) in [5.41, 5.74) is 1.60. The van der Waals surface area contributed by atoms with Crippen molar-refractivity contribution in [1.29, 1.82) is 0 Å². The van der Waals surface area contributed by atoms with Crippen LogP contribution in [0.4, 0.5) is 0 Å². The van der Waals surface area contributed by atoms with Crippen molar-refractivity contribution in [2.24, 2.45) is 0 Å². The molecule has 2 N–H and O–H groups in total. The van der Waals surface area contributed by atoms with E-state index in [0.717, 1.165) is 17.6 Å². The largest absolute Gasteiger partial charge is 0.348 e. The Balaban J connectivity index is 2.61. The Morgan fingerprint density at radius 2 is 2.33 bits per heavy atom. The highest BCUT2D eigenvalue weighted by atomic mass is 32.2. The highest BCUT2D eigenvalue weighted by molar-refractivity contribution is 7.88. The van der Waals surface area contributed by atoms with Crippen LogP contribution >= 0.6 is 0 Å². The number of sulfonamides is 1. The molecule has 1 heterocycles. The van der Waals surface area contributed by atoms with Crippen molar-refractivity contribution >= 4 is 10.0 Å². The molecule has 1 aromatic heterocycles. The fraction of sp³-hybridized carbons (Fsp3) is 0.500. The van der Waals surface area contributed by atoms with Gasteiger partial charge in [0.05, 0.1) is 24.8 Å². The lowest BCUT2D eigenvalue weighted by Crippen LogP contribution is -2.21. The normalized spacial score (nSPS) is 11.8. The summed E-state index contributed by atoms with van der Waals surface area (Å²) >= 11 is 0. The Morgan fingerprint density at radius 3 is 2.75 bits per heavy atom. The van der Waals surface area contributed by atoms with Gasteiger partial charge in [0, 0.05) is 5.69 Å². The lowest BCUT2D eigenvalue weighted by molar-refractivity contribution is 0.586. The molecule has 0 aliphatic rings. The molecule has 0 aliphatic carbocycles. The summed E-state index contributed by atoms with van der Waals surface area (Å²) in [6.45, 7) is 2.08. The summed E-state index contributed by atoms with van der Waals surface area (Å²) in [7, 11) is -3.12. The van der Waals surface area contributed by atoms with Gasteiger partial charge < -0.3 is 4.98 Å². The maximum absolute atomic E-state index is 10.7. The van der Waals surface area contributed by atoms with E-state index in [1.54, 1.807) is 0 Å². The lowest BCUT2D eigenvalue weighted by atomic mass is 10.3. The van der Waals surface area contributed by atoms with Crippen LogP contribution in [0.2, 0.25) is 0 Å². The first kappa shape index (κ1) is 9.21. The molecule has 0 amide bonds. The summed E-state index contributed by atoms with van der Waals surface area (Å²) in [6.07, 6.45) is 2.66. The SMILES string of the molecule is Cc1[nH]cnc1CNS(C)(=O)=O. The molecule has 0 fully saturated rings. The summed E-state index contributed by atoms with van der Waals surface area (Å²) in [5, 5.41) is 0. The van der Waals surface area contributed by atoms with E-state index < -0.39 is 10.0 Å². The minimum absolute atomic E-state index is 0.244. The number of hydrogen-bond donors (Lipinski definition) is 2. The van der Waals surface area contributed by atoms with Crippen molar-refractivity contribution in [2.75, 3.05) is 6.26 Å². The van der Waals surface area contributed by atoms with E-state index in [0.29, 0.717) is 0 Å². The molecule has 0 unspecified atom stereocenters. The van der Waals surface area contributed by atoms with E-state index in [4.69, 9.17) is 0 Å². The molecule has 0 atom stereocenters. The second kappa shape index (κ2) is 3.24. The number of hydrogen-bond acceptors (Lipinski definition) is 3. The first-order valence-corrected chi connectivity index (χ1v) is 5.31. The highest BCUT2D eigenvalue weighted by Gasteiger charge is 2.04. The van der Waals surface area contributed by atoms with E-state index in [-0.39, 0.29) is 6.54 Å². The molecule has 0 aliphatic heterocycles. The first-order chi connectivity index (χ1) is 5.49. The number of nitrogens with one attached hydrogen (secondary N) is 2. The zero-order valence-corrected chi connectivity index (χ0v) is 7.77. The van der Waals surface area contributed by atoms with Crippen molar-refractivity contribution in [3.05, 3.63) is 17.7 Å². The molecule has 6 heteroatoms. The molecule has 1 aromatic rings. The summed E-state index contributed by atoms with van der Waals surface area (Å²) in [5.74, 6) is 0. The zero-order chi connectivity index (χ0) is 9.19. The van der Waals surface area contributed by atoms with Crippen molar-refractivity contribution in [2.45, 2.75) is 13.5 Å². The predicted molar refractivity (Wildman–Crippen MR) is 45.0 cm³/mol.